The van der Waals surface area contributed by atoms with Crippen molar-refractivity contribution in [2.75, 3.05) is 0 Å². The molecule has 0 aromatic heterocycles. The molecule has 0 atom stereocenters. The summed E-state index contributed by atoms with van der Waals surface area (Å²) in [4.78, 5) is 0. The van der Waals surface area contributed by atoms with Gasteiger partial charge >= 0.3 is 19.5 Å². The zero-order chi connectivity index (χ0) is 9.80. The van der Waals surface area contributed by atoms with E-state index in [4.69, 9.17) is 0 Å². The van der Waals surface area contributed by atoms with Crippen LogP contribution in [0.25, 0.3) is 0 Å². The zero-order valence-corrected chi connectivity index (χ0v) is 13.3. The van der Waals surface area contributed by atoms with E-state index in [2.05, 4.69) is 13.3 Å². The molecule has 2 rings (SSSR count). The molecule has 0 radical (unpaired) electrons. The first kappa shape index (κ1) is 13.7. The number of rotatable bonds is 2. The summed E-state index contributed by atoms with van der Waals surface area (Å²) in [7, 11) is 0. The Morgan fingerprint density at radius 3 is 2.00 bits per heavy atom. The van der Waals surface area contributed by atoms with Crippen molar-refractivity contribution in [3.8, 4) is 0 Å². The summed E-state index contributed by atoms with van der Waals surface area (Å²) in [5.74, 6) is 3.19. The molecular weight excluding hydrogens is 234 g/mol. The maximum absolute atomic E-state index is 2.49. The van der Waals surface area contributed by atoms with Crippen LogP contribution in [0.1, 0.15) is 64.7 Å². The van der Waals surface area contributed by atoms with Gasteiger partial charge in [0.15, 0.2) is 0 Å². The molecule has 1 heteroatoms. The zero-order valence-electron chi connectivity index (χ0n) is 10.4. The molecule has 2 aliphatic rings. The second-order valence-electron chi connectivity index (χ2n) is 5.67. The van der Waals surface area contributed by atoms with Crippen LogP contribution in [0, 0.1) is 24.2 Å². The minimum atomic E-state index is 0. The summed E-state index contributed by atoms with van der Waals surface area (Å²) in [5, 5.41) is 0. The first-order valence-corrected chi connectivity index (χ1v) is 6.66. The van der Waals surface area contributed by atoms with Crippen molar-refractivity contribution in [1.29, 1.82) is 0 Å². The molecular formula is C14H25Zn+. The van der Waals surface area contributed by atoms with Gasteiger partial charge in [-0.25, -0.2) is 0 Å². The second-order valence-corrected chi connectivity index (χ2v) is 5.67. The Hall–Kier alpha value is 0.623. The molecule has 0 unspecified atom stereocenters. The predicted octanol–water partition coefficient (Wildman–Crippen LogP) is 4.59. The number of hydrogen-bond acceptors (Lipinski definition) is 0. The van der Waals surface area contributed by atoms with E-state index in [-0.39, 0.29) is 19.5 Å². The topological polar surface area (TPSA) is 0 Å². The minimum absolute atomic E-state index is 0. The molecule has 0 amide bonds. The Morgan fingerprint density at radius 1 is 0.867 bits per heavy atom. The van der Waals surface area contributed by atoms with Gasteiger partial charge < -0.3 is 6.42 Å². The van der Waals surface area contributed by atoms with E-state index in [0.717, 1.165) is 17.8 Å². The van der Waals surface area contributed by atoms with Crippen LogP contribution in [-0.2, 0) is 19.5 Å². The Labute approximate surface area is 108 Å². The van der Waals surface area contributed by atoms with Gasteiger partial charge in [-0.05, 0) is 24.2 Å². The van der Waals surface area contributed by atoms with Gasteiger partial charge in [0, 0.05) is 0 Å². The van der Waals surface area contributed by atoms with Crippen molar-refractivity contribution in [1.82, 2.24) is 0 Å². The van der Waals surface area contributed by atoms with Crippen LogP contribution in [0.3, 0.4) is 0 Å². The van der Waals surface area contributed by atoms with Crippen molar-refractivity contribution in [3.05, 3.63) is 6.42 Å². The molecule has 0 heterocycles. The summed E-state index contributed by atoms with van der Waals surface area (Å²) >= 11 is 0. The Kier molecular flexibility index (Phi) is 6.43. The van der Waals surface area contributed by atoms with Crippen LogP contribution in [0.2, 0.25) is 0 Å². The van der Waals surface area contributed by atoms with E-state index < -0.39 is 0 Å². The van der Waals surface area contributed by atoms with E-state index in [9.17, 15) is 0 Å². The summed E-state index contributed by atoms with van der Waals surface area (Å²) in [6.07, 6.45) is 15.9. The van der Waals surface area contributed by atoms with Gasteiger partial charge in [-0.3, -0.25) is 0 Å². The third-order valence-corrected chi connectivity index (χ3v) is 4.36. The Balaban J connectivity index is 0.00000112. The van der Waals surface area contributed by atoms with Gasteiger partial charge in [-0.1, -0.05) is 45.4 Å². The standard InChI is InChI=1S/C14H25.Zn/c1-12-7-9-14(10-8-12)11-13-5-3-2-4-6-13;/h2,12-14H,3-11H2,1H3;/q-1;+2. The third-order valence-electron chi connectivity index (χ3n) is 4.36. The van der Waals surface area contributed by atoms with Crippen molar-refractivity contribution in [2.24, 2.45) is 17.8 Å². The first-order chi connectivity index (χ1) is 6.84. The summed E-state index contributed by atoms with van der Waals surface area (Å²) in [6.45, 7) is 2.42. The first-order valence-electron chi connectivity index (χ1n) is 6.66. The fourth-order valence-electron chi connectivity index (χ4n) is 3.27. The Bertz CT molecular complexity index is 153. The third kappa shape index (κ3) is 4.55. The maximum atomic E-state index is 2.49. The smallest absolute Gasteiger partial charge is 0.328 e. The van der Waals surface area contributed by atoms with Gasteiger partial charge in [-0.15, -0.1) is 0 Å². The summed E-state index contributed by atoms with van der Waals surface area (Å²) in [6, 6.07) is 0. The maximum Gasteiger partial charge on any atom is 2.00 e. The van der Waals surface area contributed by atoms with Gasteiger partial charge in [0.2, 0.25) is 0 Å². The van der Waals surface area contributed by atoms with Crippen molar-refractivity contribution < 1.29 is 19.5 Å². The molecule has 15 heavy (non-hydrogen) atoms. The van der Waals surface area contributed by atoms with Gasteiger partial charge in [0.1, 0.15) is 0 Å². The minimum Gasteiger partial charge on any atom is -0.328 e. The van der Waals surface area contributed by atoms with Gasteiger partial charge in [0.05, 0.1) is 0 Å². The van der Waals surface area contributed by atoms with Crippen molar-refractivity contribution in [3.63, 3.8) is 0 Å². The van der Waals surface area contributed by atoms with Crippen molar-refractivity contribution >= 4 is 0 Å². The van der Waals surface area contributed by atoms with Crippen LogP contribution >= 0.6 is 0 Å². The monoisotopic (exact) mass is 257 g/mol. The van der Waals surface area contributed by atoms with E-state index in [0.29, 0.717) is 0 Å². The van der Waals surface area contributed by atoms with Crippen LogP contribution in [0.5, 0.6) is 0 Å². The van der Waals surface area contributed by atoms with E-state index in [1.165, 1.54) is 51.4 Å². The molecule has 0 nitrogen and oxygen atoms in total. The fraction of sp³-hybridized carbons (Fsp3) is 0.929. The van der Waals surface area contributed by atoms with Crippen LogP contribution in [-0.4, -0.2) is 0 Å². The molecule has 0 saturated heterocycles. The average Bonchev–Trinajstić information content (AvgIpc) is 2.23. The molecule has 0 aromatic carbocycles. The largest absolute Gasteiger partial charge is 2.00 e. The summed E-state index contributed by atoms with van der Waals surface area (Å²) < 4.78 is 0. The Morgan fingerprint density at radius 2 is 1.40 bits per heavy atom. The van der Waals surface area contributed by atoms with Crippen LogP contribution in [0.15, 0.2) is 0 Å². The molecule has 2 saturated carbocycles. The SMILES string of the molecule is CC1CCC(CC2CC[CH-]CC2)CC1.[Zn+2]. The normalized spacial score (nSPS) is 33.4. The van der Waals surface area contributed by atoms with Crippen LogP contribution in [0.4, 0.5) is 0 Å². The molecule has 0 spiro atoms. The fourth-order valence-corrected chi connectivity index (χ4v) is 3.27. The van der Waals surface area contributed by atoms with E-state index >= 15 is 0 Å². The van der Waals surface area contributed by atoms with Crippen LogP contribution < -0.4 is 0 Å². The molecule has 82 valence electrons. The molecule has 0 aromatic rings. The molecule has 0 aliphatic heterocycles. The quantitative estimate of drug-likeness (QED) is 0.502. The van der Waals surface area contributed by atoms with Gasteiger partial charge in [0.25, 0.3) is 0 Å². The summed E-state index contributed by atoms with van der Waals surface area (Å²) in [5.41, 5.74) is 0. The average molecular weight is 259 g/mol. The van der Waals surface area contributed by atoms with Crippen molar-refractivity contribution in [2.45, 2.75) is 64.7 Å². The molecule has 2 fully saturated rings. The number of hydrogen-bond donors (Lipinski definition) is 0. The van der Waals surface area contributed by atoms with E-state index in [1.807, 2.05) is 0 Å². The molecule has 2 aliphatic carbocycles. The molecule has 0 bridgehead atoms. The molecule has 0 N–H and O–H groups in total. The van der Waals surface area contributed by atoms with E-state index in [1.54, 1.807) is 6.42 Å². The van der Waals surface area contributed by atoms with Gasteiger partial charge in [-0.2, -0.15) is 12.8 Å². The predicted molar refractivity (Wildman–Crippen MR) is 62.0 cm³/mol. The second kappa shape index (κ2) is 7.05.